The number of aromatic nitrogens is 2. The second-order valence-electron chi connectivity index (χ2n) is 4.49. The maximum Gasteiger partial charge on any atom is 0.171 e. The van der Waals surface area contributed by atoms with Crippen LogP contribution in [0.2, 0.25) is 0 Å². The average molecular weight is 298 g/mol. The molecule has 0 aliphatic rings. The van der Waals surface area contributed by atoms with Gasteiger partial charge in [0, 0.05) is 4.90 Å². The SMILES string of the molecule is CCc1nnc(Nc2ccccc2SC)c(C#N)c1CC. The zero-order chi connectivity index (χ0) is 15.2. The van der Waals surface area contributed by atoms with E-state index in [0.717, 1.165) is 34.7 Å². The first kappa shape index (κ1) is 15.3. The van der Waals surface area contributed by atoms with Crippen molar-refractivity contribution in [2.24, 2.45) is 0 Å². The van der Waals surface area contributed by atoms with E-state index in [4.69, 9.17) is 0 Å². The maximum absolute atomic E-state index is 9.49. The molecule has 0 amide bonds. The molecule has 1 aromatic carbocycles. The number of aryl methyl sites for hydroxylation is 1. The van der Waals surface area contributed by atoms with Gasteiger partial charge in [0.05, 0.1) is 11.4 Å². The quantitative estimate of drug-likeness (QED) is 0.847. The van der Waals surface area contributed by atoms with E-state index >= 15 is 0 Å². The lowest BCUT2D eigenvalue weighted by Gasteiger charge is -2.13. The number of nitriles is 1. The van der Waals surface area contributed by atoms with Gasteiger partial charge in [-0.25, -0.2) is 0 Å². The van der Waals surface area contributed by atoms with Crippen LogP contribution in [-0.2, 0) is 12.8 Å². The summed E-state index contributed by atoms with van der Waals surface area (Å²) in [4.78, 5) is 1.11. The van der Waals surface area contributed by atoms with Gasteiger partial charge in [0.2, 0.25) is 0 Å². The van der Waals surface area contributed by atoms with E-state index in [1.54, 1.807) is 11.8 Å². The zero-order valence-corrected chi connectivity index (χ0v) is 13.3. The Morgan fingerprint density at radius 1 is 1.19 bits per heavy atom. The van der Waals surface area contributed by atoms with E-state index < -0.39 is 0 Å². The van der Waals surface area contributed by atoms with Gasteiger partial charge in [0.25, 0.3) is 0 Å². The summed E-state index contributed by atoms with van der Waals surface area (Å²) >= 11 is 1.65. The number of hydrogen-bond acceptors (Lipinski definition) is 5. The predicted octanol–water partition coefficient (Wildman–Crippen LogP) is 3.94. The molecule has 0 atom stereocenters. The second kappa shape index (κ2) is 7.09. The molecule has 108 valence electrons. The van der Waals surface area contributed by atoms with Crippen LogP contribution < -0.4 is 5.32 Å². The monoisotopic (exact) mass is 298 g/mol. The van der Waals surface area contributed by atoms with Crippen molar-refractivity contribution >= 4 is 23.3 Å². The molecule has 21 heavy (non-hydrogen) atoms. The molecule has 0 saturated carbocycles. The Bertz CT molecular complexity index is 676. The third kappa shape index (κ3) is 3.17. The van der Waals surface area contributed by atoms with E-state index in [1.807, 2.05) is 44.4 Å². The first-order valence-electron chi connectivity index (χ1n) is 6.93. The van der Waals surface area contributed by atoms with Crippen LogP contribution in [0.1, 0.15) is 30.7 Å². The lowest BCUT2D eigenvalue weighted by molar-refractivity contribution is 0.877. The highest BCUT2D eigenvalue weighted by Gasteiger charge is 2.15. The van der Waals surface area contributed by atoms with Crippen molar-refractivity contribution in [3.8, 4) is 6.07 Å². The molecule has 0 aliphatic heterocycles. The molecule has 0 spiro atoms. The highest BCUT2D eigenvalue weighted by Crippen LogP contribution is 2.29. The minimum absolute atomic E-state index is 0.535. The third-order valence-corrected chi connectivity index (χ3v) is 4.11. The molecule has 0 bridgehead atoms. The molecule has 1 aromatic heterocycles. The topological polar surface area (TPSA) is 61.6 Å². The van der Waals surface area contributed by atoms with Gasteiger partial charge < -0.3 is 5.32 Å². The Labute approximate surface area is 129 Å². The molecule has 5 heteroatoms. The fraction of sp³-hybridized carbons (Fsp3) is 0.312. The standard InChI is InChI=1S/C16H18N4S/c1-4-11-12(10-17)16(20-19-13(11)5-2)18-14-8-6-7-9-15(14)21-3/h6-9H,4-5H2,1-3H3,(H,18,20). The smallest absolute Gasteiger partial charge is 0.171 e. The summed E-state index contributed by atoms with van der Waals surface area (Å²) in [5.74, 6) is 0.535. The van der Waals surface area contributed by atoms with Gasteiger partial charge in [-0.15, -0.1) is 16.9 Å². The van der Waals surface area contributed by atoms with Crippen LogP contribution in [0.25, 0.3) is 0 Å². The molecule has 0 aliphatic carbocycles. The highest BCUT2D eigenvalue weighted by atomic mass is 32.2. The lowest BCUT2D eigenvalue weighted by Crippen LogP contribution is -2.07. The average Bonchev–Trinajstić information content (AvgIpc) is 2.54. The molecule has 1 N–H and O–H groups in total. The van der Waals surface area contributed by atoms with E-state index in [9.17, 15) is 5.26 Å². The van der Waals surface area contributed by atoms with Gasteiger partial charge in [0.1, 0.15) is 11.6 Å². The number of thioether (sulfide) groups is 1. The number of rotatable bonds is 5. The maximum atomic E-state index is 9.49. The van der Waals surface area contributed by atoms with E-state index in [0.29, 0.717) is 11.4 Å². The number of nitrogens with zero attached hydrogens (tertiary/aromatic N) is 3. The normalized spacial score (nSPS) is 10.2. The Morgan fingerprint density at radius 2 is 1.95 bits per heavy atom. The molecule has 2 aromatic rings. The fourth-order valence-electron chi connectivity index (χ4n) is 2.26. The molecule has 1 heterocycles. The Hall–Kier alpha value is -2.06. The van der Waals surface area contributed by atoms with Gasteiger partial charge in [0.15, 0.2) is 5.82 Å². The Balaban J connectivity index is 2.48. The number of nitrogens with one attached hydrogen (secondary N) is 1. The van der Waals surface area contributed by atoms with Crippen molar-refractivity contribution in [3.63, 3.8) is 0 Å². The van der Waals surface area contributed by atoms with Crippen molar-refractivity contribution in [2.45, 2.75) is 31.6 Å². The number of anilines is 2. The number of para-hydroxylation sites is 1. The van der Waals surface area contributed by atoms with Crippen molar-refractivity contribution in [3.05, 3.63) is 41.1 Å². The fourth-order valence-corrected chi connectivity index (χ4v) is 2.81. The molecule has 0 radical (unpaired) electrons. The third-order valence-electron chi connectivity index (χ3n) is 3.32. The molecular formula is C16H18N4S. The zero-order valence-electron chi connectivity index (χ0n) is 12.5. The summed E-state index contributed by atoms with van der Waals surface area (Å²) in [7, 11) is 0. The molecule has 0 unspecified atom stereocenters. The van der Waals surface area contributed by atoms with Crippen LogP contribution in [0.4, 0.5) is 11.5 Å². The van der Waals surface area contributed by atoms with Crippen LogP contribution in [0.15, 0.2) is 29.2 Å². The molecule has 2 rings (SSSR count). The van der Waals surface area contributed by atoms with Gasteiger partial charge in [-0.1, -0.05) is 26.0 Å². The van der Waals surface area contributed by atoms with E-state index in [2.05, 4.69) is 21.6 Å². The number of benzene rings is 1. The Kier molecular flexibility index (Phi) is 5.18. The van der Waals surface area contributed by atoms with E-state index in [-0.39, 0.29) is 0 Å². The summed E-state index contributed by atoms with van der Waals surface area (Å²) in [5.41, 5.74) is 3.43. The van der Waals surface area contributed by atoms with Gasteiger partial charge in [-0.3, -0.25) is 0 Å². The van der Waals surface area contributed by atoms with Crippen molar-refractivity contribution in [1.82, 2.24) is 10.2 Å². The summed E-state index contributed by atoms with van der Waals surface area (Å²) in [6.07, 6.45) is 3.59. The first-order chi connectivity index (χ1) is 10.2. The van der Waals surface area contributed by atoms with Crippen LogP contribution in [0.5, 0.6) is 0 Å². The van der Waals surface area contributed by atoms with Crippen LogP contribution in [0, 0.1) is 11.3 Å². The van der Waals surface area contributed by atoms with Crippen molar-refractivity contribution in [2.75, 3.05) is 11.6 Å². The number of hydrogen-bond donors (Lipinski definition) is 1. The summed E-state index contributed by atoms with van der Waals surface area (Å²) in [6, 6.07) is 10.2. The minimum atomic E-state index is 0.535. The van der Waals surface area contributed by atoms with Gasteiger partial charge in [-0.2, -0.15) is 10.4 Å². The molecule has 0 saturated heterocycles. The van der Waals surface area contributed by atoms with Gasteiger partial charge >= 0.3 is 0 Å². The lowest BCUT2D eigenvalue weighted by atomic mass is 10.0. The predicted molar refractivity (Wildman–Crippen MR) is 87.0 cm³/mol. The summed E-state index contributed by atoms with van der Waals surface area (Å²) < 4.78 is 0. The summed E-state index contributed by atoms with van der Waals surface area (Å²) in [6.45, 7) is 4.07. The van der Waals surface area contributed by atoms with Crippen LogP contribution in [0.3, 0.4) is 0 Å². The van der Waals surface area contributed by atoms with Crippen LogP contribution >= 0.6 is 11.8 Å². The summed E-state index contributed by atoms with van der Waals surface area (Å²) in [5, 5.41) is 21.2. The minimum Gasteiger partial charge on any atom is -0.337 e. The Morgan fingerprint density at radius 3 is 2.57 bits per heavy atom. The largest absolute Gasteiger partial charge is 0.337 e. The molecular weight excluding hydrogens is 280 g/mol. The van der Waals surface area contributed by atoms with E-state index in [1.165, 1.54) is 0 Å². The van der Waals surface area contributed by atoms with Crippen molar-refractivity contribution < 1.29 is 0 Å². The van der Waals surface area contributed by atoms with Crippen molar-refractivity contribution in [1.29, 1.82) is 5.26 Å². The highest BCUT2D eigenvalue weighted by molar-refractivity contribution is 7.98. The van der Waals surface area contributed by atoms with Gasteiger partial charge in [-0.05, 0) is 36.8 Å². The second-order valence-corrected chi connectivity index (χ2v) is 5.34. The molecule has 4 nitrogen and oxygen atoms in total. The molecule has 0 fully saturated rings. The van der Waals surface area contributed by atoms with Crippen LogP contribution in [-0.4, -0.2) is 16.5 Å². The first-order valence-corrected chi connectivity index (χ1v) is 8.16.